The normalized spacial score (nSPS) is 35.6. The molecule has 3 unspecified atom stereocenters. The van der Waals surface area contributed by atoms with Crippen LogP contribution >= 0.6 is 45.2 Å². The van der Waals surface area contributed by atoms with Gasteiger partial charge in [0.25, 0.3) is 0 Å². The first-order valence-corrected chi connectivity index (χ1v) is 12.8. The largest absolute Gasteiger partial charge is 0.458 e. The van der Waals surface area contributed by atoms with Gasteiger partial charge in [-0.3, -0.25) is 9.59 Å². The minimum absolute atomic E-state index is 0.108. The van der Waals surface area contributed by atoms with Crippen LogP contribution in [0.3, 0.4) is 0 Å². The van der Waals surface area contributed by atoms with Crippen molar-refractivity contribution in [1.29, 1.82) is 0 Å². The van der Waals surface area contributed by atoms with E-state index in [0.29, 0.717) is 0 Å². The van der Waals surface area contributed by atoms with E-state index in [2.05, 4.69) is 64.5 Å². The third-order valence-corrected chi connectivity index (χ3v) is 7.67. The maximum atomic E-state index is 12.7. The van der Waals surface area contributed by atoms with Gasteiger partial charge in [0.05, 0.1) is 20.1 Å². The highest BCUT2D eigenvalue weighted by Crippen LogP contribution is 2.34. The zero-order valence-corrected chi connectivity index (χ0v) is 21.9. The van der Waals surface area contributed by atoms with E-state index in [1.807, 2.05) is 13.8 Å². The lowest BCUT2D eigenvalue weighted by molar-refractivity contribution is -0.914. The Labute approximate surface area is 196 Å². The molecule has 0 aromatic rings. The van der Waals surface area contributed by atoms with Gasteiger partial charge in [0.15, 0.2) is 3.92 Å². The maximum absolute atomic E-state index is 12.7. The summed E-state index contributed by atoms with van der Waals surface area (Å²) in [6.45, 7) is 10.3. The summed E-state index contributed by atoms with van der Waals surface area (Å²) in [5.41, 5.74) is -0.738. The Kier molecular flexibility index (Phi) is 8.86. The molecule has 28 heavy (non-hydrogen) atoms. The van der Waals surface area contributed by atoms with Gasteiger partial charge in [0.1, 0.15) is 21.7 Å². The van der Waals surface area contributed by atoms with E-state index in [0.717, 1.165) is 69.3 Å². The molecule has 0 spiro atoms. The molecule has 0 aliphatic carbocycles. The van der Waals surface area contributed by atoms with Crippen LogP contribution in [-0.2, 0) is 19.1 Å². The van der Waals surface area contributed by atoms with Gasteiger partial charge in [-0.05, 0) is 39.7 Å². The lowest BCUT2D eigenvalue weighted by atomic mass is 9.87. The first-order valence-electron chi connectivity index (χ1n) is 10.3. The van der Waals surface area contributed by atoms with Crippen molar-refractivity contribution >= 4 is 57.1 Å². The van der Waals surface area contributed by atoms with Crippen molar-refractivity contribution in [3.05, 3.63) is 0 Å². The van der Waals surface area contributed by atoms with E-state index in [1.165, 1.54) is 0 Å². The minimum Gasteiger partial charge on any atom is -0.458 e. The van der Waals surface area contributed by atoms with Crippen LogP contribution in [-0.4, -0.2) is 75.2 Å². The predicted molar refractivity (Wildman–Crippen MR) is 127 cm³/mol. The number of rotatable bonds is 7. The van der Waals surface area contributed by atoms with Gasteiger partial charge < -0.3 is 19.3 Å². The molecule has 2 saturated heterocycles. The second-order valence-electron chi connectivity index (χ2n) is 8.94. The highest BCUT2D eigenvalue weighted by molar-refractivity contribution is 14.1. The molecule has 1 N–H and O–H groups in total. The first-order chi connectivity index (χ1) is 13.0. The van der Waals surface area contributed by atoms with Crippen molar-refractivity contribution in [2.75, 3.05) is 39.8 Å². The van der Waals surface area contributed by atoms with Gasteiger partial charge in [0.2, 0.25) is 0 Å². The lowest BCUT2D eigenvalue weighted by Crippen LogP contribution is -2.59. The monoisotopic (exact) mass is 621 g/mol. The van der Waals surface area contributed by atoms with E-state index in [-0.39, 0.29) is 31.0 Å². The van der Waals surface area contributed by atoms with Crippen molar-refractivity contribution in [2.24, 2.45) is 0 Å². The molecule has 162 valence electrons. The van der Waals surface area contributed by atoms with Crippen LogP contribution in [0.4, 0.5) is 0 Å². The van der Waals surface area contributed by atoms with Gasteiger partial charge in [-0.15, -0.1) is 0 Å². The molecule has 0 bridgehead atoms. The molecule has 6 nitrogen and oxygen atoms in total. The van der Waals surface area contributed by atoms with Gasteiger partial charge >= 0.3 is 11.9 Å². The molecule has 2 fully saturated rings. The highest BCUT2D eigenvalue weighted by Gasteiger charge is 2.44. The quantitative estimate of drug-likeness (QED) is 0.205. The Morgan fingerprint density at radius 3 is 2.29 bits per heavy atom. The number of quaternary nitrogens is 1. The molecule has 0 radical (unpaired) electrons. The van der Waals surface area contributed by atoms with Crippen LogP contribution in [0.1, 0.15) is 52.9 Å². The number of hydrogen-bond donors (Lipinski definition) is 1. The van der Waals surface area contributed by atoms with E-state index in [4.69, 9.17) is 9.47 Å². The second-order valence-corrected chi connectivity index (χ2v) is 12.3. The van der Waals surface area contributed by atoms with Crippen molar-refractivity contribution in [3.63, 3.8) is 0 Å². The molecule has 8 heteroatoms. The van der Waals surface area contributed by atoms with Crippen LogP contribution in [0.2, 0.25) is 0 Å². The van der Waals surface area contributed by atoms with Crippen LogP contribution in [0.25, 0.3) is 0 Å². The van der Waals surface area contributed by atoms with E-state index < -0.39 is 0 Å². The van der Waals surface area contributed by atoms with Crippen molar-refractivity contribution < 1.29 is 23.5 Å². The predicted octanol–water partition coefficient (Wildman–Crippen LogP) is 3.23. The minimum atomic E-state index is -0.388. The fourth-order valence-corrected chi connectivity index (χ4v) is 5.28. The lowest BCUT2D eigenvalue weighted by Gasteiger charge is -2.46. The number of likely N-dealkylation sites (tertiary alicyclic amines) is 1. The summed E-state index contributed by atoms with van der Waals surface area (Å²) in [6, 6.07) is 0. The van der Waals surface area contributed by atoms with Crippen molar-refractivity contribution in [3.8, 4) is 0 Å². The van der Waals surface area contributed by atoms with E-state index in [9.17, 15) is 9.59 Å². The molecular weight excluding hydrogens is 586 g/mol. The summed E-state index contributed by atoms with van der Waals surface area (Å²) in [4.78, 5) is 24.8. The van der Waals surface area contributed by atoms with Crippen molar-refractivity contribution in [1.82, 2.24) is 5.32 Å². The molecular formula is C20H35I2N2O4+. The number of carbonyl (C=O) groups excluding carboxylic acids is 2. The number of carbonyl (C=O) groups is 2. The Morgan fingerprint density at radius 1 is 1.14 bits per heavy atom. The summed E-state index contributed by atoms with van der Waals surface area (Å²) in [5, 5.41) is 3.32. The van der Waals surface area contributed by atoms with E-state index >= 15 is 0 Å². The van der Waals surface area contributed by atoms with Gasteiger partial charge in [-0.2, -0.15) is 0 Å². The smallest absolute Gasteiger partial charge is 0.325 e. The summed E-state index contributed by atoms with van der Waals surface area (Å²) in [7, 11) is 2.20. The molecule has 2 rings (SSSR count). The first kappa shape index (κ1) is 24.6. The van der Waals surface area contributed by atoms with Crippen LogP contribution in [0.5, 0.6) is 0 Å². The van der Waals surface area contributed by atoms with Crippen LogP contribution < -0.4 is 5.32 Å². The number of hydrogen-bond acceptors (Lipinski definition) is 5. The number of ether oxygens (including phenoxy) is 2. The Morgan fingerprint density at radius 2 is 1.79 bits per heavy atom. The molecule has 2 aliphatic heterocycles. The number of alkyl halides is 2. The molecule has 2 aliphatic rings. The average molecular weight is 621 g/mol. The third-order valence-electron chi connectivity index (χ3n) is 6.26. The SMILES string of the molecule is CCC1(OC(=O)C(C)I)CC[N+](C)(CC(I)C(=O)OC2(C)CCCNC2)CC1. The zero-order valence-electron chi connectivity index (χ0n) is 17.6. The topological polar surface area (TPSA) is 64.6 Å². The Bertz CT molecular complexity index is 556. The second kappa shape index (κ2) is 10.1. The number of nitrogens with zero attached hydrogens (tertiary/aromatic N) is 1. The van der Waals surface area contributed by atoms with Gasteiger partial charge in [-0.25, -0.2) is 0 Å². The standard InChI is InChI=1S/C20H35I2N2O4/c1-5-20(28-17(25)15(2)21)8-11-24(4,12-9-20)13-16(22)18(26)27-19(3)7-6-10-23-14-19/h15-16,23H,5-14H2,1-4H3/q+1. The Balaban J connectivity index is 1.90. The van der Waals surface area contributed by atoms with Crippen LogP contribution in [0, 0.1) is 0 Å². The molecule has 0 saturated carbocycles. The fraction of sp³-hybridized carbons (Fsp3) is 0.900. The number of piperidine rings is 2. The molecule has 2 heterocycles. The maximum Gasteiger partial charge on any atom is 0.325 e. The van der Waals surface area contributed by atoms with E-state index in [1.54, 1.807) is 0 Å². The highest BCUT2D eigenvalue weighted by atomic mass is 127. The number of nitrogens with one attached hydrogen (secondary N) is 1. The van der Waals surface area contributed by atoms with Crippen LogP contribution in [0.15, 0.2) is 0 Å². The summed E-state index contributed by atoms with van der Waals surface area (Å²) in [5.74, 6) is -0.230. The third kappa shape index (κ3) is 6.66. The Hall–Kier alpha value is 0.320. The number of halogens is 2. The van der Waals surface area contributed by atoms with Crippen molar-refractivity contribution in [2.45, 2.75) is 71.9 Å². The molecule has 0 aromatic heterocycles. The molecule has 0 aromatic carbocycles. The zero-order chi connectivity index (χ0) is 21.0. The van der Waals surface area contributed by atoms with Gasteiger partial charge in [-0.1, -0.05) is 52.1 Å². The molecule has 3 atom stereocenters. The molecule has 0 amide bonds. The fourth-order valence-electron chi connectivity index (χ4n) is 4.07. The summed E-state index contributed by atoms with van der Waals surface area (Å²) < 4.78 is 12.3. The van der Waals surface area contributed by atoms with Gasteiger partial charge in [0, 0.05) is 19.4 Å². The number of esters is 2. The summed E-state index contributed by atoms with van der Waals surface area (Å²) >= 11 is 4.34. The summed E-state index contributed by atoms with van der Waals surface area (Å²) in [6.07, 6.45) is 4.48. The average Bonchev–Trinajstić information content (AvgIpc) is 2.64.